The number of carbonyl (C=O) groups is 3. The van der Waals surface area contributed by atoms with Gasteiger partial charge in [0.2, 0.25) is 0 Å². The lowest BCUT2D eigenvalue weighted by molar-refractivity contribution is -0.274. The van der Waals surface area contributed by atoms with E-state index in [1.165, 1.54) is 25.7 Å². The van der Waals surface area contributed by atoms with Crippen molar-refractivity contribution in [2.75, 3.05) is 6.61 Å². The van der Waals surface area contributed by atoms with Crippen molar-refractivity contribution in [2.45, 2.75) is 64.7 Å². The fourth-order valence-electron chi connectivity index (χ4n) is 2.02. The number of carboxylic acid groups (broad SMARTS) is 2. The lowest BCUT2D eigenvalue weighted by Crippen LogP contribution is -2.26. The van der Waals surface area contributed by atoms with Crippen LogP contribution in [-0.4, -0.2) is 34.7 Å². The third-order valence-corrected chi connectivity index (χ3v) is 3.25. The highest BCUT2D eigenvalue weighted by molar-refractivity contribution is 5.93. The Bertz CT molecular complexity index is 341. The van der Waals surface area contributed by atoms with Crippen molar-refractivity contribution in [2.24, 2.45) is 5.92 Å². The van der Waals surface area contributed by atoms with Gasteiger partial charge in [-0.2, -0.15) is 4.89 Å². The normalized spacial score (nSPS) is 11.9. The predicted molar refractivity (Wildman–Crippen MR) is 78.0 cm³/mol. The zero-order valence-corrected chi connectivity index (χ0v) is 13.1. The molecule has 0 aromatic rings. The Balaban J connectivity index is 3.83. The van der Waals surface area contributed by atoms with Gasteiger partial charge in [0.25, 0.3) is 0 Å². The van der Waals surface area contributed by atoms with E-state index in [2.05, 4.69) is 16.7 Å². The lowest BCUT2D eigenvalue weighted by Gasteiger charge is -2.10. The summed E-state index contributed by atoms with van der Waals surface area (Å²) in [6.45, 7) is 1.35. The van der Waals surface area contributed by atoms with E-state index in [0.29, 0.717) is 6.42 Å². The highest BCUT2D eigenvalue weighted by Crippen LogP contribution is 2.15. The fourth-order valence-corrected chi connectivity index (χ4v) is 2.02. The highest BCUT2D eigenvalue weighted by Gasteiger charge is 2.28. The minimum atomic E-state index is -1.31. The molecule has 1 atom stereocenters. The summed E-state index contributed by atoms with van der Waals surface area (Å²) in [7, 11) is 0. The SMILES string of the molecule is CCCCCCCCCCC(C(=O)O)C(=O)OOCC(=O)O. The summed E-state index contributed by atoms with van der Waals surface area (Å²) >= 11 is 0. The van der Waals surface area contributed by atoms with E-state index in [4.69, 9.17) is 10.2 Å². The minimum Gasteiger partial charge on any atom is -0.481 e. The summed E-state index contributed by atoms with van der Waals surface area (Å²) in [6.07, 6.45) is 8.61. The standard InChI is InChI=1S/C15H26O7/c1-2-3-4-5-6-7-8-9-10-12(14(18)19)15(20)22-21-11-13(16)17/h12H,2-11H2,1H3,(H,16,17)(H,18,19). The first kappa shape index (κ1) is 20.4. The van der Waals surface area contributed by atoms with Crippen molar-refractivity contribution in [3.05, 3.63) is 0 Å². The molecule has 128 valence electrons. The third kappa shape index (κ3) is 11.1. The van der Waals surface area contributed by atoms with Gasteiger partial charge in [0.1, 0.15) is 0 Å². The molecule has 2 N–H and O–H groups in total. The molecule has 0 radical (unpaired) electrons. The van der Waals surface area contributed by atoms with Gasteiger partial charge < -0.3 is 10.2 Å². The van der Waals surface area contributed by atoms with Crippen molar-refractivity contribution in [3.8, 4) is 0 Å². The molecule has 7 heteroatoms. The summed E-state index contributed by atoms with van der Waals surface area (Å²) in [5, 5.41) is 17.3. The van der Waals surface area contributed by atoms with Gasteiger partial charge in [-0.25, -0.2) is 9.59 Å². The molecule has 0 saturated carbocycles. The fraction of sp³-hybridized carbons (Fsp3) is 0.800. The number of carboxylic acids is 2. The van der Waals surface area contributed by atoms with Crippen LogP contribution in [0.4, 0.5) is 0 Å². The largest absolute Gasteiger partial charge is 0.481 e. The van der Waals surface area contributed by atoms with Crippen molar-refractivity contribution in [1.29, 1.82) is 0 Å². The van der Waals surface area contributed by atoms with Crippen LogP contribution in [0.15, 0.2) is 0 Å². The average Bonchev–Trinajstić information content (AvgIpc) is 2.44. The molecule has 0 aliphatic heterocycles. The summed E-state index contributed by atoms with van der Waals surface area (Å²) < 4.78 is 0. The van der Waals surface area contributed by atoms with E-state index >= 15 is 0 Å². The van der Waals surface area contributed by atoms with Gasteiger partial charge in [0, 0.05) is 0 Å². The van der Waals surface area contributed by atoms with Gasteiger partial charge in [-0.3, -0.25) is 9.68 Å². The monoisotopic (exact) mass is 318 g/mol. The van der Waals surface area contributed by atoms with Crippen LogP contribution in [0.25, 0.3) is 0 Å². The third-order valence-electron chi connectivity index (χ3n) is 3.25. The van der Waals surface area contributed by atoms with E-state index < -0.39 is 30.4 Å². The smallest absolute Gasteiger partial charge is 0.356 e. The van der Waals surface area contributed by atoms with Crippen LogP contribution < -0.4 is 0 Å². The first-order chi connectivity index (χ1) is 10.5. The molecule has 0 spiro atoms. The summed E-state index contributed by atoms with van der Waals surface area (Å²) in [5.41, 5.74) is 0. The molecule has 0 fully saturated rings. The van der Waals surface area contributed by atoms with Crippen molar-refractivity contribution >= 4 is 17.9 Å². The topological polar surface area (TPSA) is 110 Å². The number of carbonyl (C=O) groups excluding carboxylic acids is 1. The summed E-state index contributed by atoms with van der Waals surface area (Å²) in [5.74, 6) is -4.96. The molecule has 1 unspecified atom stereocenters. The Morgan fingerprint density at radius 2 is 1.45 bits per heavy atom. The van der Waals surface area contributed by atoms with E-state index in [0.717, 1.165) is 19.3 Å². The Labute approximate surface area is 130 Å². The van der Waals surface area contributed by atoms with E-state index in [1.54, 1.807) is 0 Å². The first-order valence-electron chi connectivity index (χ1n) is 7.77. The molecule has 0 amide bonds. The average molecular weight is 318 g/mol. The maximum absolute atomic E-state index is 11.5. The number of aliphatic carboxylic acids is 2. The van der Waals surface area contributed by atoms with Crippen LogP contribution in [0.3, 0.4) is 0 Å². The first-order valence-corrected chi connectivity index (χ1v) is 7.77. The Hall–Kier alpha value is -1.63. The van der Waals surface area contributed by atoms with E-state index in [1.807, 2.05) is 0 Å². The van der Waals surface area contributed by atoms with Crippen molar-refractivity contribution in [3.63, 3.8) is 0 Å². The Morgan fingerprint density at radius 3 is 1.95 bits per heavy atom. The Morgan fingerprint density at radius 1 is 0.909 bits per heavy atom. The van der Waals surface area contributed by atoms with Crippen molar-refractivity contribution < 1.29 is 34.4 Å². The zero-order valence-electron chi connectivity index (χ0n) is 13.1. The van der Waals surface area contributed by atoms with Crippen LogP contribution in [-0.2, 0) is 24.2 Å². The van der Waals surface area contributed by atoms with Gasteiger partial charge in [0.15, 0.2) is 12.5 Å². The van der Waals surface area contributed by atoms with Crippen molar-refractivity contribution in [1.82, 2.24) is 0 Å². The maximum Gasteiger partial charge on any atom is 0.356 e. The Kier molecular flexibility index (Phi) is 12.1. The lowest BCUT2D eigenvalue weighted by atomic mass is 10.0. The second-order valence-electron chi connectivity index (χ2n) is 5.21. The van der Waals surface area contributed by atoms with Gasteiger partial charge in [-0.15, -0.1) is 0 Å². The molecule has 22 heavy (non-hydrogen) atoms. The number of hydrogen-bond donors (Lipinski definition) is 2. The molecule has 0 bridgehead atoms. The molecule has 0 rings (SSSR count). The van der Waals surface area contributed by atoms with Crippen LogP contribution in [0.5, 0.6) is 0 Å². The number of hydrogen-bond acceptors (Lipinski definition) is 5. The van der Waals surface area contributed by atoms with Crippen LogP contribution in [0, 0.1) is 5.92 Å². The molecular formula is C15H26O7. The van der Waals surface area contributed by atoms with E-state index in [9.17, 15) is 14.4 Å². The molecular weight excluding hydrogens is 292 g/mol. The quantitative estimate of drug-likeness (QED) is 0.219. The van der Waals surface area contributed by atoms with E-state index in [-0.39, 0.29) is 6.42 Å². The molecule has 0 saturated heterocycles. The highest BCUT2D eigenvalue weighted by atomic mass is 17.2. The van der Waals surface area contributed by atoms with Gasteiger partial charge in [0.05, 0.1) is 0 Å². The summed E-state index contributed by atoms with van der Waals surface area (Å²) in [6, 6.07) is 0. The van der Waals surface area contributed by atoms with Gasteiger partial charge >= 0.3 is 17.9 Å². The molecule has 7 nitrogen and oxygen atoms in total. The predicted octanol–water partition coefficient (Wildman–Crippen LogP) is 2.78. The molecule has 0 heterocycles. The minimum absolute atomic E-state index is 0.166. The molecule has 0 aromatic carbocycles. The van der Waals surface area contributed by atoms with Crippen LogP contribution in [0.1, 0.15) is 64.7 Å². The molecule has 0 aliphatic carbocycles. The zero-order chi connectivity index (χ0) is 16.8. The van der Waals surface area contributed by atoms with Gasteiger partial charge in [-0.1, -0.05) is 58.3 Å². The van der Waals surface area contributed by atoms with Crippen LogP contribution in [0.2, 0.25) is 0 Å². The summed E-state index contributed by atoms with van der Waals surface area (Å²) in [4.78, 5) is 41.0. The van der Waals surface area contributed by atoms with Crippen LogP contribution >= 0.6 is 0 Å². The van der Waals surface area contributed by atoms with Gasteiger partial charge in [-0.05, 0) is 6.42 Å². The number of unbranched alkanes of at least 4 members (excludes halogenated alkanes) is 7. The second-order valence-corrected chi connectivity index (χ2v) is 5.21. The molecule has 0 aromatic heterocycles. The molecule has 0 aliphatic rings. The number of rotatable bonds is 14. The second kappa shape index (κ2) is 13.1. The maximum atomic E-state index is 11.5.